The van der Waals surface area contributed by atoms with Gasteiger partial charge < -0.3 is 9.55 Å². The minimum absolute atomic E-state index is 0.0702. The number of alkyl halides is 3. The van der Waals surface area contributed by atoms with E-state index in [4.69, 9.17) is 0 Å². The minimum atomic E-state index is -4.78. The lowest BCUT2D eigenvalue weighted by Crippen LogP contribution is -2.37. The quantitative estimate of drug-likeness (QED) is 0.330. The van der Waals surface area contributed by atoms with E-state index in [1.165, 1.54) is 15.3 Å². The number of nitrogens with zero attached hydrogens (tertiary/aromatic N) is 2. The van der Waals surface area contributed by atoms with E-state index < -0.39 is 50.3 Å². The maximum absolute atomic E-state index is 13.8. The molecule has 0 atom stereocenters. The number of nitrogens with one attached hydrogen (secondary N) is 2. The molecular weight excluding hydrogens is 557 g/mol. The summed E-state index contributed by atoms with van der Waals surface area (Å²) < 4.78 is 69.1. The molecule has 14 heteroatoms. The van der Waals surface area contributed by atoms with Crippen LogP contribution in [0.25, 0.3) is 27.5 Å². The Morgan fingerprint density at radius 2 is 1.79 bits per heavy atom. The standard InChI is InChI=1S/C25H19F3N4O5S2/c1-13-5-3-4-6-14(13)10-31-19-8-7-15(25(26,27)28)9-16(19)20(21(31)22(33)30-39(2,36)37)32-23(34)17-11-38-12-18(17)29-24(32)35/h3-9,11-12H,10H2,1-2H3,(H,29,35)(H,30,33). The van der Waals surface area contributed by atoms with Gasteiger partial charge in [-0.05, 0) is 36.2 Å². The van der Waals surface area contributed by atoms with Crippen LogP contribution >= 0.6 is 11.3 Å². The molecule has 2 aromatic carbocycles. The number of hydrogen-bond donors (Lipinski definition) is 2. The predicted octanol–water partition coefficient (Wildman–Crippen LogP) is 3.76. The first-order valence-corrected chi connectivity index (χ1v) is 14.1. The molecule has 202 valence electrons. The average Bonchev–Trinajstić information content (AvgIpc) is 3.42. The molecule has 0 aliphatic rings. The van der Waals surface area contributed by atoms with Crippen LogP contribution in [-0.2, 0) is 22.7 Å². The van der Waals surface area contributed by atoms with Crippen molar-refractivity contribution in [3.8, 4) is 5.69 Å². The highest BCUT2D eigenvalue weighted by molar-refractivity contribution is 7.89. The van der Waals surface area contributed by atoms with E-state index in [0.717, 1.165) is 41.4 Å². The predicted molar refractivity (Wildman–Crippen MR) is 141 cm³/mol. The third-order valence-corrected chi connectivity index (χ3v) is 7.51. The number of amides is 1. The number of fused-ring (bicyclic) bond motifs is 2. The fraction of sp³-hybridized carbons (Fsp3) is 0.160. The van der Waals surface area contributed by atoms with Gasteiger partial charge in [0.25, 0.3) is 11.5 Å². The Balaban J connectivity index is 1.97. The highest BCUT2D eigenvalue weighted by atomic mass is 32.2. The summed E-state index contributed by atoms with van der Waals surface area (Å²) in [7, 11) is -4.15. The molecule has 3 aromatic heterocycles. The lowest BCUT2D eigenvalue weighted by Gasteiger charge is -2.14. The number of aromatic nitrogens is 3. The SMILES string of the molecule is Cc1ccccc1Cn1c(C(=O)NS(C)(=O)=O)c(-n2c(=O)[nH]c3cscc3c2=O)c2cc(C(F)(F)F)ccc21. The molecule has 0 saturated heterocycles. The van der Waals surface area contributed by atoms with E-state index in [1.807, 2.05) is 4.72 Å². The number of rotatable bonds is 5. The van der Waals surface area contributed by atoms with E-state index >= 15 is 0 Å². The number of H-pyrrole nitrogens is 1. The zero-order chi connectivity index (χ0) is 28.3. The number of carbonyl (C=O) groups excluding carboxylic acids is 1. The van der Waals surface area contributed by atoms with Gasteiger partial charge in [-0.25, -0.2) is 22.5 Å². The average molecular weight is 577 g/mol. The van der Waals surface area contributed by atoms with Gasteiger partial charge in [0.15, 0.2) is 0 Å². The van der Waals surface area contributed by atoms with Crippen LogP contribution in [0.3, 0.4) is 0 Å². The van der Waals surface area contributed by atoms with Crippen LogP contribution in [0.4, 0.5) is 13.2 Å². The number of hydrogen-bond acceptors (Lipinski definition) is 6. The molecular formula is C25H19F3N4O5S2. The first-order valence-electron chi connectivity index (χ1n) is 11.3. The number of aromatic amines is 1. The molecule has 5 aromatic rings. The second kappa shape index (κ2) is 9.24. The molecule has 39 heavy (non-hydrogen) atoms. The molecule has 3 heterocycles. The van der Waals surface area contributed by atoms with Crippen LogP contribution < -0.4 is 16.0 Å². The van der Waals surface area contributed by atoms with E-state index in [1.54, 1.807) is 31.2 Å². The lowest BCUT2D eigenvalue weighted by atomic mass is 10.1. The van der Waals surface area contributed by atoms with Crippen LogP contribution in [0.5, 0.6) is 0 Å². The number of aryl methyl sites for hydroxylation is 1. The first-order chi connectivity index (χ1) is 18.3. The van der Waals surface area contributed by atoms with E-state index in [-0.39, 0.29) is 28.4 Å². The van der Waals surface area contributed by atoms with Crippen molar-refractivity contribution in [2.45, 2.75) is 19.6 Å². The van der Waals surface area contributed by atoms with Gasteiger partial charge in [-0.1, -0.05) is 24.3 Å². The van der Waals surface area contributed by atoms with Gasteiger partial charge in [-0.2, -0.15) is 13.2 Å². The molecule has 0 radical (unpaired) electrons. The summed E-state index contributed by atoms with van der Waals surface area (Å²) in [5.74, 6) is -1.22. The van der Waals surface area contributed by atoms with Crippen LogP contribution in [0.2, 0.25) is 0 Å². The number of thiophene rings is 1. The Morgan fingerprint density at radius 1 is 1.08 bits per heavy atom. The van der Waals surface area contributed by atoms with Crippen molar-refractivity contribution >= 4 is 49.1 Å². The highest BCUT2D eigenvalue weighted by Gasteiger charge is 2.34. The van der Waals surface area contributed by atoms with Gasteiger partial charge >= 0.3 is 11.9 Å². The summed E-state index contributed by atoms with van der Waals surface area (Å²) in [5.41, 5.74) is -2.15. The molecule has 0 saturated carbocycles. The molecule has 1 amide bonds. The number of benzene rings is 2. The molecule has 0 aliphatic heterocycles. The summed E-state index contributed by atoms with van der Waals surface area (Å²) in [6.45, 7) is 1.72. The molecule has 5 rings (SSSR count). The highest BCUT2D eigenvalue weighted by Crippen LogP contribution is 2.36. The molecule has 0 spiro atoms. The maximum atomic E-state index is 13.8. The van der Waals surface area contributed by atoms with Crippen molar-refractivity contribution in [1.82, 2.24) is 18.8 Å². The van der Waals surface area contributed by atoms with Gasteiger partial charge in [-0.15, -0.1) is 11.3 Å². The molecule has 0 unspecified atom stereocenters. The molecule has 2 N–H and O–H groups in total. The van der Waals surface area contributed by atoms with Crippen molar-refractivity contribution < 1.29 is 26.4 Å². The van der Waals surface area contributed by atoms with Crippen LogP contribution in [-0.4, -0.2) is 34.7 Å². The van der Waals surface area contributed by atoms with Crippen molar-refractivity contribution in [1.29, 1.82) is 0 Å². The first kappa shape index (κ1) is 26.4. The second-order valence-corrected chi connectivity index (χ2v) is 11.4. The number of carbonyl (C=O) groups is 1. The van der Waals surface area contributed by atoms with E-state index in [0.29, 0.717) is 10.1 Å². The Morgan fingerprint density at radius 3 is 2.46 bits per heavy atom. The van der Waals surface area contributed by atoms with Gasteiger partial charge in [0.2, 0.25) is 10.0 Å². The Labute approximate surface area is 222 Å². The van der Waals surface area contributed by atoms with Gasteiger partial charge in [-0.3, -0.25) is 9.59 Å². The monoisotopic (exact) mass is 576 g/mol. The van der Waals surface area contributed by atoms with E-state index in [2.05, 4.69) is 4.98 Å². The van der Waals surface area contributed by atoms with Gasteiger partial charge in [0.05, 0.1) is 33.9 Å². The van der Waals surface area contributed by atoms with Crippen LogP contribution in [0, 0.1) is 6.92 Å². The van der Waals surface area contributed by atoms with Crippen molar-refractivity contribution in [3.05, 3.63) is 96.4 Å². The normalized spacial score (nSPS) is 12.3. The summed E-state index contributed by atoms with van der Waals surface area (Å²) in [6.07, 6.45) is -4.05. The Hall–Kier alpha value is -4.17. The fourth-order valence-electron chi connectivity index (χ4n) is 4.45. The largest absolute Gasteiger partial charge is 0.416 e. The summed E-state index contributed by atoms with van der Waals surface area (Å²) in [4.78, 5) is 42.7. The zero-order valence-electron chi connectivity index (χ0n) is 20.3. The van der Waals surface area contributed by atoms with Crippen molar-refractivity contribution in [2.75, 3.05) is 6.26 Å². The Kier molecular flexibility index (Phi) is 6.26. The third kappa shape index (κ3) is 4.76. The Bertz CT molecular complexity index is 2020. The zero-order valence-corrected chi connectivity index (χ0v) is 21.9. The van der Waals surface area contributed by atoms with Gasteiger partial charge in [0.1, 0.15) is 5.69 Å². The smallest absolute Gasteiger partial charge is 0.330 e. The maximum Gasteiger partial charge on any atom is 0.416 e. The van der Waals surface area contributed by atoms with E-state index in [9.17, 15) is 36.0 Å². The van der Waals surface area contributed by atoms with Crippen LogP contribution in [0.15, 0.2) is 62.8 Å². The molecule has 0 bridgehead atoms. The third-order valence-electron chi connectivity index (χ3n) is 6.21. The van der Waals surface area contributed by atoms with Gasteiger partial charge in [0, 0.05) is 22.7 Å². The lowest BCUT2D eigenvalue weighted by molar-refractivity contribution is -0.137. The second-order valence-electron chi connectivity index (χ2n) is 8.91. The summed E-state index contributed by atoms with van der Waals surface area (Å²) in [6, 6.07) is 9.71. The fourth-order valence-corrected chi connectivity index (χ4v) is 5.64. The molecule has 0 fully saturated rings. The summed E-state index contributed by atoms with van der Waals surface area (Å²) in [5, 5.41) is 2.80. The molecule has 0 aliphatic carbocycles. The molecule has 9 nitrogen and oxygen atoms in total. The van der Waals surface area contributed by atoms with Crippen molar-refractivity contribution in [2.24, 2.45) is 0 Å². The van der Waals surface area contributed by atoms with Crippen LogP contribution in [0.1, 0.15) is 27.2 Å². The number of halogens is 3. The topological polar surface area (TPSA) is 123 Å². The van der Waals surface area contributed by atoms with Crippen molar-refractivity contribution in [3.63, 3.8) is 0 Å². The minimum Gasteiger partial charge on any atom is -0.330 e. The number of sulfonamides is 1. The summed E-state index contributed by atoms with van der Waals surface area (Å²) >= 11 is 1.12.